The molecule has 0 fully saturated rings. The Bertz CT molecular complexity index is 585. The molecule has 0 saturated heterocycles. The first kappa shape index (κ1) is 14.1. The van der Waals surface area contributed by atoms with Crippen LogP contribution in [0.5, 0.6) is 0 Å². The van der Waals surface area contributed by atoms with E-state index in [2.05, 4.69) is 47.2 Å². The molecule has 0 aliphatic rings. The van der Waals surface area contributed by atoms with Gasteiger partial charge >= 0.3 is 0 Å². The molecule has 0 aliphatic carbocycles. The van der Waals surface area contributed by atoms with Crippen molar-refractivity contribution in [1.82, 2.24) is 0 Å². The van der Waals surface area contributed by atoms with Gasteiger partial charge < -0.3 is 5.32 Å². The van der Waals surface area contributed by atoms with Gasteiger partial charge in [-0.15, -0.1) is 0 Å². The van der Waals surface area contributed by atoms with E-state index in [1.165, 1.54) is 17.2 Å². The third-order valence-corrected chi connectivity index (χ3v) is 3.65. The van der Waals surface area contributed by atoms with Gasteiger partial charge in [-0.05, 0) is 61.2 Å². The Morgan fingerprint density at radius 3 is 2.21 bits per heavy atom. The number of nitrogens with one attached hydrogen (secondary N) is 1. The maximum atomic E-state index is 13.2. The lowest BCUT2D eigenvalue weighted by Gasteiger charge is -2.14. The van der Waals surface area contributed by atoms with E-state index in [-0.39, 0.29) is 5.82 Å². The zero-order valence-electron chi connectivity index (χ0n) is 11.3. The molecule has 0 spiro atoms. The number of halogens is 2. The molecule has 0 aliphatic heterocycles. The van der Waals surface area contributed by atoms with E-state index in [0.717, 1.165) is 15.7 Å². The molecule has 19 heavy (non-hydrogen) atoms. The van der Waals surface area contributed by atoms with Crippen LogP contribution in [0.1, 0.15) is 22.3 Å². The molecule has 2 aromatic carbocycles. The topological polar surface area (TPSA) is 12.0 Å². The number of benzene rings is 2. The molecular weight excluding hydrogens is 305 g/mol. The van der Waals surface area contributed by atoms with Crippen molar-refractivity contribution in [1.29, 1.82) is 0 Å². The average Bonchev–Trinajstić information content (AvgIpc) is 2.32. The van der Waals surface area contributed by atoms with Crippen LogP contribution in [0.25, 0.3) is 0 Å². The van der Waals surface area contributed by atoms with Crippen LogP contribution in [0, 0.1) is 26.6 Å². The SMILES string of the molecule is Cc1cc(CNc2c(C)cc(Br)cc2C)ccc1F. The summed E-state index contributed by atoms with van der Waals surface area (Å²) in [5.74, 6) is -0.153. The van der Waals surface area contributed by atoms with Gasteiger partial charge in [0, 0.05) is 16.7 Å². The lowest BCUT2D eigenvalue weighted by molar-refractivity contribution is 0.617. The quantitative estimate of drug-likeness (QED) is 0.826. The van der Waals surface area contributed by atoms with Gasteiger partial charge in [-0.2, -0.15) is 0 Å². The lowest BCUT2D eigenvalue weighted by Crippen LogP contribution is -2.03. The van der Waals surface area contributed by atoms with Gasteiger partial charge in [-0.25, -0.2) is 4.39 Å². The Morgan fingerprint density at radius 2 is 1.63 bits per heavy atom. The zero-order valence-corrected chi connectivity index (χ0v) is 12.9. The summed E-state index contributed by atoms with van der Waals surface area (Å²) < 4.78 is 14.3. The summed E-state index contributed by atoms with van der Waals surface area (Å²) in [5, 5.41) is 3.43. The van der Waals surface area contributed by atoms with Crippen LogP contribution in [-0.4, -0.2) is 0 Å². The first-order valence-electron chi connectivity index (χ1n) is 6.23. The van der Waals surface area contributed by atoms with E-state index in [9.17, 15) is 4.39 Å². The van der Waals surface area contributed by atoms with Crippen molar-refractivity contribution in [3.8, 4) is 0 Å². The molecule has 0 aromatic heterocycles. The maximum Gasteiger partial charge on any atom is 0.126 e. The van der Waals surface area contributed by atoms with Crippen molar-refractivity contribution in [2.75, 3.05) is 5.32 Å². The normalized spacial score (nSPS) is 10.6. The second-order valence-electron chi connectivity index (χ2n) is 4.85. The third kappa shape index (κ3) is 3.35. The molecule has 3 heteroatoms. The van der Waals surface area contributed by atoms with Crippen molar-refractivity contribution < 1.29 is 4.39 Å². The summed E-state index contributed by atoms with van der Waals surface area (Å²) >= 11 is 3.49. The van der Waals surface area contributed by atoms with Crippen LogP contribution >= 0.6 is 15.9 Å². The first-order valence-corrected chi connectivity index (χ1v) is 7.02. The fourth-order valence-electron chi connectivity index (χ4n) is 2.20. The summed E-state index contributed by atoms with van der Waals surface area (Å²) in [4.78, 5) is 0. The number of aryl methyl sites for hydroxylation is 3. The number of hydrogen-bond donors (Lipinski definition) is 1. The second kappa shape index (κ2) is 5.74. The van der Waals surface area contributed by atoms with Crippen molar-refractivity contribution >= 4 is 21.6 Å². The standard InChI is InChI=1S/C16H17BrFN/c1-10-6-13(4-5-15(10)18)9-19-16-11(2)7-14(17)8-12(16)3/h4-8,19H,9H2,1-3H3. The van der Waals surface area contributed by atoms with Crippen LogP contribution in [0.15, 0.2) is 34.8 Å². The van der Waals surface area contributed by atoms with Crippen molar-refractivity contribution in [3.63, 3.8) is 0 Å². The molecule has 0 unspecified atom stereocenters. The van der Waals surface area contributed by atoms with Gasteiger partial charge in [0.05, 0.1) is 0 Å². The number of anilines is 1. The molecule has 0 bridgehead atoms. The molecule has 0 radical (unpaired) electrons. The molecule has 1 N–H and O–H groups in total. The Balaban J connectivity index is 2.16. The van der Waals surface area contributed by atoms with Crippen LogP contribution < -0.4 is 5.32 Å². The van der Waals surface area contributed by atoms with Gasteiger partial charge in [0.2, 0.25) is 0 Å². The Kier molecular flexibility index (Phi) is 4.25. The van der Waals surface area contributed by atoms with Crippen LogP contribution in [-0.2, 0) is 6.54 Å². The first-order chi connectivity index (χ1) is 8.97. The van der Waals surface area contributed by atoms with Crippen molar-refractivity contribution in [3.05, 3.63) is 62.9 Å². The van der Waals surface area contributed by atoms with Crippen LogP contribution in [0.3, 0.4) is 0 Å². The molecule has 0 amide bonds. The number of hydrogen-bond acceptors (Lipinski definition) is 1. The fraction of sp³-hybridized carbons (Fsp3) is 0.250. The highest BCUT2D eigenvalue weighted by atomic mass is 79.9. The predicted octanol–water partition coefficient (Wildman–Crippen LogP) is 5.13. The second-order valence-corrected chi connectivity index (χ2v) is 5.77. The largest absolute Gasteiger partial charge is 0.381 e. The average molecular weight is 322 g/mol. The van der Waals surface area contributed by atoms with E-state index in [0.29, 0.717) is 12.1 Å². The maximum absolute atomic E-state index is 13.2. The van der Waals surface area contributed by atoms with Gasteiger partial charge in [-0.1, -0.05) is 28.1 Å². The summed E-state index contributed by atoms with van der Waals surface area (Å²) in [7, 11) is 0. The Hall–Kier alpha value is -1.35. The van der Waals surface area contributed by atoms with Crippen molar-refractivity contribution in [2.24, 2.45) is 0 Å². The molecule has 100 valence electrons. The van der Waals surface area contributed by atoms with Gasteiger partial charge in [0.25, 0.3) is 0 Å². The van der Waals surface area contributed by atoms with Gasteiger partial charge in [0.1, 0.15) is 5.82 Å². The highest BCUT2D eigenvalue weighted by Crippen LogP contribution is 2.25. The van der Waals surface area contributed by atoms with Gasteiger partial charge in [-0.3, -0.25) is 0 Å². The Labute approximate surface area is 122 Å². The summed E-state index contributed by atoms with van der Waals surface area (Å²) in [6.07, 6.45) is 0. The molecule has 0 atom stereocenters. The van der Waals surface area contributed by atoms with E-state index in [1.807, 2.05) is 12.1 Å². The molecule has 1 nitrogen and oxygen atoms in total. The zero-order chi connectivity index (χ0) is 14.0. The lowest BCUT2D eigenvalue weighted by atomic mass is 10.1. The third-order valence-electron chi connectivity index (χ3n) is 3.19. The van der Waals surface area contributed by atoms with Crippen LogP contribution in [0.4, 0.5) is 10.1 Å². The highest BCUT2D eigenvalue weighted by Gasteiger charge is 2.05. The predicted molar refractivity (Wildman–Crippen MR) is 82.1 cm³/mol. The van der Waals surface area contributed by atoms with Crippen LogP contribution in [0.2, 0.25) is 0 Å². The monoisotopic (exact) mass is 321 g/mol. The summed E-state index contributed by atoms with van der Waals surface area (Å²) in [6, 6.07) is 9.40. The molecule has 0 saturated carbocycles. The fourth-order valence-corrected chi connectivity index (χ4v) is 2.88. The minimum absolute atomic E-state index is 0.153. The van der Waals surface area contributed by atoms with Crippen molar-refractivity contribution in [2.45, 2.75) is 27.3 Å². The summed E-state index contributed by atoms with van der Waals surface area (Å²) in [5.41, 5.74) is 5.31. The molecule has 2 aromatic rings. The minimum Gasteiger partial charge on any atom is -0.381 e. The summed E-state index contributed by atoms with van der Waals surface area (Å²) in [6.45, 7) is 6.64. The van der Waals surface area contributed by atoms with E-state index >= 15 is 0 Å². The highest BCUT2D eigenvalue weighted by molar-refractivity contribution is 9.10. The van der Waals surface area contributed by atoms with E-state index < -0.39 is 0 Å². The Morgan fingerprint density at radius 1 is 1.00 bits per heavy atom. The number of rotatable bonds is 3. The molecule has 0 heterocycles. The molecule has 2 rings (SSSR count). The van der Waals surface area contributed by atoms with Gasteiger partial charge in [0.15, 0.2) is 0 Å². The molecular formula is C16H17BrFN. The smallest absolute Gasteiger partial charge is 0.126 e. The van der Waals surface area contributed by atoms with E-state index in [1.54, 1.807) is 6.92 Å². The minimum atomic E-state index is -0.153. The van der Waals surface area contributed by atoms with E-state index in [4.69, 9.17) is 0 Å².